The van der Waals surface area contributed by atoms with Gasteiger partial charge in [-0.15, -0.1) is 0 Å². The van der Waals surface area contributed by atoms with Gasteiger partial charge in [0.2, 0.25) is 5.82 Å². The number of aromatic nitrogens is 5. The highest BCUT2D eigenvalue weighted by molar-refractivity contribution is 6.30. The maximum Gasteiger partial charge on any atom is 0.201 e. The highest BCUT2D eigenvalue weighted by Gasteiger charge is 2.06. The molecule has 0 fully saturated rings. The van der Waals surface area contributed by atoms with Crippen molar-refractivity contribution in [1.29, 1.82) is 0 Å². The number of halogens is 1. The summed E-state index contributed by atoms with van der Waals surface area (Å²) in [6.45, 7) is 0.537. The topological polar surface area (TPSA) is 79.4 Å². The van der Waals surface area contributed by atoms with Gasteiger partial charge in [-0.1, -0.05) is 11.6 Å². The number of anilines is 1. The van der Waals surface area contributed by atoms with Crippen molar-refractivity contribution in [3.05, 3.63) is 53.7 Å². The van der Waals surface area contributed by atoms with Crippen LogP contribution in [-0.2, 0) is 6.54 Å². The summed E-state index contributed by atoms with van der Waals surface area (Å²) < 4.78 is 0. The number of hydrogen-bond donors (Lipinski definition) is 2. The molecule has 0 amide bonds. The smallest absolute Gasteiger partial charge is 0.201 e. The van der Waals surface area contributed by atoms with Crippen molar-refractivity contribution in [2.24, 2.45) is 0 Å². The Morgan fingerprint density at radius 1 is 1.15 bits per heavy atom. The van der Waals surface area contributed by atoms with Crippen LogP contribution in [-0.4, -0.2) is 25.1 Å². The van der Waals surface area contributed by atoms with E-state index in [2.05, 4.69) is 30.5 Å². The number of aromatic amines is 1. The van der Waals surface area contributed by atoms with E-state index in [1.807, 2.05) is 24.3 Å². The molecule has 2 N–H and O–H groups in total. The van der Waals surface area contributed by atoms with Crippen molar-refractivity contribution in [2.45, 2.75) is 6.54 Å². The van der Waals surface area contributed by atoms with Crippen LogP contribution < -0.4 is 5.32 Å². The second kappa shape index (κ2) is 5.66. The lowest BCUT2D eigenvalue weighted by molar-refractivity contribution is 0.955. The Bertz CT molecular complexity index is 680. The summed E-state index contributed by atoms with van der Waals surface area (Å²) in [6, 6.07) is 7.47. The van der Waals surface area contributed by atoms with Crippen LogP contribution in [0.1, 0.15) is 5.82 Å². The van der Waals surface area contributed by atoms with Crippen molar-refractivity contribution in [2.75, 3.05) is 5.32 Å². The van der Waals surface area contributed by atoms with Gasteiger partial charge in [0.05, 0.1) is 12.7 Å². The largest absolute Gasteiger partial charge is 0.378 e. The number of nitrogens with one attached hydrogen (secondary N) is 2. The molecule has 7 heteroatoms. The van der Waals surface area contributed by atoms with E-state index < -0.39 is 0 Å². The summed E-state index contributed by atoms with van der Waals surface area (Å²) in [4.78, 5) is 12.5. The second-order valence-electron chi connectivity index (χ2n) is 4.06. The zero-order chi connectivity index (χ0) is 13.8. The van der Waals surface area contributed by atoms with Crippen molar-refractivity contribution in [3.63, 3.8) is 0 Å². The van der Waals surface area contributed by atoms with E-state index in [1.165, 1.54) is 0 Å². The molecule has 1 aromatic carbocycles. The average Bonchev–Trinajstić information content (AvgIpc) is 2.97. The number of benzene rings is 1. The first kappa shape index (κ1) is 12.6. The molecule has 0 spiro atoms. The number of H-pyrrole nitrogens is 1. The summed E-state index contributed by atoms with van der Waals surface area (Å²) in [5.41, 5.74) is 1.60. The third kappa shape index (κ3) is 2.92. The molecule has 0 bridgehead atoms. The van der Waals surface area contributed by atoms with E-state index >= 15 is 0 Å². The molecule has 2 heterocycles. The Morgan fingerprint density at radius 2 is 2.00 bits per heavy atom. The molecule has 3 aromatic rings. The van der Waals surface area contributed by atoms with Gasteiger partial charge in [0, 0.05) is 23.1 Å². The summed E-state index contributed by atoms with van der Waals surface area (Å²) >= 11 is 5.83. The fraction of sp³-hybridized carbons (Fsp3) is 0.0769. The molecule has 6 nitrogen and oxygen atoms in total. The van der Waals surface area contributed by atoms with Crippen molar-refractivity contribution >= 4 is 17.3 Å². The van der Waals surface area contributed by atoms with E-state index in [0.717, 1.165) is 11.5 Å². The quantitative estimate of drug-likeness (QED) is 0.770. The molecule has 0 saturated heterocycles. The molecule has 0 radical (unpaired) electrons. The second-order valence-corrected chi connectivity index (χ2v) is 4.49. The Kier molecular flexibility index (Phi) is 3.56. The van der Waals surface area contributed by atoms with Gasteiger partial charge in [-0.3, -0.25) is 10.1 Å². The summed E-state index contributed by atoms with van der Waals surface area (Å²) in [5, 5.41) is 10.9. The molecule has 0 unspecified atom stereocenters. The van der Waals surface area contributed by atoms with Gasteiger partial charge in [-0.05, 0) is 24.3 Å². The minimum absolute atomic E-state index is 0.533. The molecular formula is C13H11ClN6. The van der Waals surface area contributed by atoms with Gasteiger partial charge >= 0.3 is 0 Å². The van der Waals surface area contributed by atoms with Crippen LogP contribution in [0.4, 0.5) is 5.69 Å². The predicted octanol–water partition coefficient (Wildman–Crippen LogP) is 2.53. The third-order valence-corrected chi connectivity index (χ3v) is 2.88. The highest BCUT2D eigenvalue weighted by Crippen LogP contribution is 2.14. The SMILES string of the molecule is Clc1ccc(NCc2nc(-c3cnccn3)n[nH]2)cc1. The van der Waals surface area contributed by atoms with Gasteiger partial charge < -0.3 is 5.32 Å². The standard InChI is InChI=1S/C13H11ClN6/c14-9-1-3-10(4-2-9)17-8-12-18-13(20-19-12)11-7-15-5-6-16-11/h1-7,17H,8H2,(H,18,19,20). The van der Waals surface area contributed by atoms with Crippen LogP contribution in [0.25, 0.3) is 11.5 Å². The maximum atomic E-state index is 5.83. The Morgan fingerprint density at radius 3 is 2.75 bits per heavy atom. The molecule has 20 heavy (non-hydrogen) atoms. The van der Waals surface area contributed by atoms with E-state index in [-0.39, 0.29) is 0 Å². The van der Waals surface area contributed by atoms with Crippen LogP contribution in [0, 0.1) is 0 Å². The van der Waals surface area contributed by atoms with Crippen LogP contribution >= 0.6 is 11.6 Å². The lowest BCUT2D eigenvalue weighted by Crippen LogP contribution is -2.01. The van der Waals surface area contributed by atoms with E-state index in [0.29, 0.717) is 23.1 Å². The molecule has 0 saturated carbocycles. The first-order chi connectivity index (χ1) is 9.81. The summed E-state index contributed by atoms with van der Waals surface area (Å²) in [6.07, 6.45) is 4.84. The third-order valence-electron chi connectivity index (χ3n) is 2.63. The van der Waals surface area contributed by atoms with Crippen LogP contribution in [0.2, 0.25) is 5.02 Å². The van der Waals surface area contributed by atoms with Gasteiger partial charge in [-0.2, -0.15) is 5.10 Å². The molecular weight excluding hydrogens is 276 g/mol. The molecule has 2 aromatic heterocycles. The minimum atomic E-state index is 0.533. The molecule has 0 atom stereocenters. The summed E-state index contributed by atoms with van der Waals surface area (Å²) in [7, 11) is 0. The average molecular weight is 287 g/mol. The number of rotatable bonds is 4. The monoisotopic (exact) mass is 286 g/mol. The molecule has 0 aliphatic carbocycles. The van der Waals surface area contributed by atoms with E-state index in [4.69, 9.17) is 11.6 Å². The zero-order valence-corrected chi connectivity index (χ0v) is 11.2. The maximum absolute atomic E-state index is 5.83. The Labute approximate surface area is 120 Å². The Balaban J connectivity index is 1.67. The molecule has 100 valence electrons. The lowest BCUT2D eigenvalue weighted by Gasteiger charge is -2.03. The lowest BCUT2D eigenvalue weighted by atomic mass is 10.3. The van der Waals surface area contributed by atoms with Gasteiger partial charge in [-0.25, -0.2) is 9.97 Å². The van der Waals surface area contributed by atoms with Crippen LogP contribution in [0.5, 0.6) is 0 Å². The van der Waals surface area contributed by atoms with Crippen LogP contribution in [0.15, 0.2) is 42.9 Å². The van der Waals surface area contributed by atoms with E-state index in [9.17, 15) is 0 Å². The normalized spacial score (nSPS) is 10.4. The predicted molar refractivity (Wildman–Crippen MR) is 76.2 cm³/mol. The Hall–Kier alpha value is -2.47. The zero-order valence-electron chi connectivity index (χ0n) is 10.4. The van der Waals surface area contributed by atoms with Gasteiger partial charge in [0.1, 0.15) is 11.5 Å². The number of nitrogens with zero attached hydrogens (tertiary/aromatic N) is 4. The van der Waals surface area contributed by atoms with Gasteiger partial charge in [0.25, 0.3) is 0 Å². The number of hydrogen-bond acceptors (Lipinski definition) is 5. The first-order valence-electron chi connectivity index (χ1n) is 5.98. The fourth-order valence-electron chi connectivity index (χ4n) is 1.66. The summed E-state index contributed by atoms with van der Waals surface area (Å²) in [5.74, 6) is 1.26. The van der Waals surface area contributed by atoms with Crippen molar-refractivity contribution < 1.29 is 0 Å². The van der Waals surface area contributed by atoms with Crippen molar-refractivity contribution in [3.8, 4) is 11.5 Å². The van der Waals surface area contributed by atoms with Crippen LogP contribution in [0.3, 0.4) is 0 Å². The highest BCUT2D eigenvalue weighted by atomic mass is 35.5. The van der Waals surface area contributed by atoms with E-state index in [1.54, 1.807) is 18.6 Å². The van der Waals surface area contributed by atoms with Gasteiger partial charge in [0.15, 0.2) is 0 Å². The molecule has 0 aliphatic rings. The van der Waals surface area contributed by atoms with Crippen molar-refractivity contribution in [1.82, 2.24) is 25.1 Å². The first-order valence-corrected chi connectivity index (χ1v) is 6.36. The fourth-order valence-corrected chi connectivity index (χ4v) is 1.78. The molecule has 0 aliphatic heterocycles. The minimum Gasteiger partial charge on any atom is -0.378 e. The molecule has 3 rings (SSSR count).